The standard InChI is InChI=1S/C15H16F3NO3S/c1-12-6-5-10-14(19-12,22-23(20,21)15(16,17)18)11-9-13-7-3-2-4-8-13/h2-8,10,19H,9,11H2,1H3. The third-order valence-corrected chi connectivity index (χ3v) is 4.37. The van der Waals surface area contributed by atoms with Gasteiger partial charge in [0.25, 0.3) is 0 Å². The second kappa shape index (κ2) is 6.37. The Morgan fingerprint density at radius 3 is 2.43 bits per heavy atom. The van der Waals surface area contributed by atoms with Crippen LogP contribution < -0.4 is 5.32 Å². The zero-order chi connectivity index (χ0) is 17.1. The van der Waals surface area contributed by atoms with Gasteiger partial charge in [-0.2, -0.15) is 21.6 Å². The molecule has 1 unspecified atom stereocenters. The molecule has 0 radical (unpaired) electrons. The van der Waals surface area contributed by atoms with Crippen molar-refractivity contribution in [2.45, 2.75) is 31.0 Å². The molecule has 1 atom stereocenters. The van der Waals surface area contributed by atoms with E-state index in [1.807, 2.05) is 6.07 Å². The molecule has 0 saturated carbocycles. The van der Waals surface area contributed by atoms with Crippen molar-refractivity contribution < 1.29 is 25.8 Å². The second-order valence-corrected chi connectivity index (χ2v) is 6.73. The molecule has 1 heterocycles. The maximum Gasteiger partial charge on any atom is 0.523 e. The van der Waals surface area contributed by atoms with E-state index in [2.05, 4.69) is 9.50 Å². The number of hydrogen-bond acceptors (Lipinski definition) is 4. The Hall–Kier alpha value is -1.80. The third kappa shape index (κ3) is 4.35. The van der Waals surface area contributed by atoms with Crippen LogP contribution in [-0.4, -0.2) is 19.7 Å². The summed E-state index contributed by atoms with van der Waals surface area (Å²) >= 11 is 0. The molecule has 1 aromatic carbocycles. The number of halogens is 3. The highest BCUT2D eigenvalue weighted by molar-refractivity contribution is 7.87. The summed E-state index contributed by atoms with van der Waals surface area (Å²) in [5, 5.41) is 2.70. The third-order valence-electron chi connectivity index (χ3n) is 3.29. The van der Waals surface area contributed by atoms with Crippen LogP contribution in [-0.2, 0) is 20.7 Å². The van der Waals surface area contributed by atoms with Gasteiger partial charge in [0.1, 0.15) is 0 Å². The fraction of sp³-hybridized carbons (Fsp3) is 0.333. The first-order valence-corrected chi connectivity index (χ1v) is 8.25. The van der Waals surface area contributed by atoms with E-state index in [1.54, 1.807) is 37.3 Å². The summed E-state index contributed by atoms with van der Waals surface area (Å²) in [7, 11) is -5.72. The topological polar surface area (TPSA) is 55.4 Å². The summed E-state index contributed by atoms with van der Waals surface area (Å²) < 4.78 is 65.3. The van der Waals surface area contributed by atoms with Crippen molar-refractivity contribution in [1.29, 1.82) is 0 Å². The molecule has 0 spiro atoms. The number of alkyl halides is 3. The molecule has 8 heteroatoms. The van der Waals surface area contributed by atoms with Gasteiger partial charge in [-0.15, -0.1) is 0 Å². The van der Waals surface area contributed by atoms with Crippen LogP contribution in [0.25, 0.3) is 0 Å². The summed E-state index contributed by atoms with van der Waals surface area (Å²) in [5.74, 6) is 0. The van der Waals surface area contributed by atoms with Crippen LogP contribution in [0.5, 0.6) is 0 Å². The minimum Gasteiger partial charge on any atom is -0.357 e. The quantitative estimate of drug-likeness (QED) is 0.656. The zero-order valence-electron chi connectivity index (χ0n) is 12.3. The number of nitrogens with one attached hydrogen (secondary N) is 1. The van der Waals surface area contributed by atoms with E-state index >= 15 is 0 Å². The molecule has 1 aromatic rings. The zero-order valence-corrected chi connectivity index (χ0v) is 13.1. The molecule has 1 aliphatic rings. The monoisotopic (exact) mass is 347 g/mol. The molecular weight excluding hydrogens is 331 g/mol. The summed E-state index contributed by atoms with van der Waals surface area (Å²) in [6.45, 7) is 1.62. The van der Waals surface area contributed by atoms with Gasteiger partial charge in [0.2, 0.25) is 0 Å². The predicted molar refractivity (Wildman–Crippen MR) is 79.6 cm³/mol. The van der Waals surface area contributed by atoms with Gasteiger partial charge >= 0.3 is 15.6 Å². The largest absolute Gasteiger partial charge is 0.523 e. The SMILES string of the molecule is CC1=CC=CC(CCc2ccccc2)(OS(=O)(=O)C(F)(F)F)N1. The maximum atomic E-state index is 12.6. The molecule has 0 bridgehead atoms. The maximum absolute atomic E-state index is 12.6. The molecule has 0 amide bonds. The Morgan fingerprint density at radius 1 is 1.22 bits per heavy atom. The fourth-order valence-corrected chi connectivity index (χ4v) is 2.89. The first kappa shape index (κ1) is 17.6. The summed E-state index contributed by atoms with van der Waals surface area (Å²) in [4.78, 5) is 0. The van der Waals surface area contributed by atoms with Gasteiger partial charge < -0.3 is 5.32 Å². The van der Waals surface area contributed by atoms with Crippen LogP contribution in [0, 0.1) is 0 Å². The van der Waals surface area contributed by atoms with Gasteiger partial charge in [0, 0.05) is 12.1 Å². The number of benzene rings is 1. The normalized spacial score (nSPS) is 21.7. The van der Waals surface area contributed by atoms with Crippen LogP contribution >= 0.6 is 0 Å². The smallest absolute Gasteiger partial charge is 0.357 e. The molecule has 23 heavy (non-hydrogen) atoms. The highest BCUT2D eigenvalue weighted by Crippen LogP contribution is 2.32. The van der Waals surface area contributed by atoms with Gasteiger partial charge in [0.15, 0.2) is 5.72 Å². The summed E-state index contributed by atoms with van der Waals surface area (Å²) in [6.07, 6.45) is 4.74. The minimum atomic E-state index is -5.72. The Morgan fingerprint density at radius 2 is 1.87 bits per heavy atom. The van der Waals surface area contributed by atoms with Crippen LogP contribution in [0.15, 0.2) is 54.3 Å². The van der Waals surface area contributed by atoms with Crippen LogP contribution in [0.2, 0.25) is 0 Å². The summed E-state index contributed by atoms with van der Waals surface area (Å²) in [6, 6.07) is 9.02. The van der Waals surface area contributed by atoms with Crippen molar-refractivity contribution in [2.75, 3.05) is 0 Å². The van der Waals surface area contributed by atoms with Gasteiger partial charge in [-0.05, 0) is 31.1 Å². The lowest BCUT2D eigenvalue weighted by Gasteiger charge is -2.34. The Bertz CT molecular complexity index is 711. The van der Waals surface area contributed by atoms with Crippen molar-refractivity contribution in [3.8, 4) is 0 Å². The Balaban J connectivity index is 2.24. The molecule has 2 rings (SSSR count). The molecule has 126 valence electrons. The van der Waals surface area contributed by atoms with E-state index in [0.717, 1.165) is 5.56 Å². The van der Waals surface area contributed by atoms with Crippen molar-refractivity contribution in [3.05, 3.63) is 59.8 Å². The van der Waals surface area contributed by atoms with Gasteiger partial charge in [-0.3, -0.25) is 0 Å². The number of rotatable bonds is 5. The molecule has 0 aliphatic carbocycles. The molecule has 1 N–H and O–H groups in total. The predicted octanol–water partition coefficient (Wildman–Crippen LogP) is 3.24. The fourth-order valence-electron chi connectivity index (χ4n) is 2.22. The van der Waals surface area contributed by atoms with E-state index in [-0.39, 0.29) is 6.42 Å². The Kier molecular flexibility index (Phi) is 4.86. The summed E-state index contributed by atoms with van der Waals surface area (Å²) in [5.41, 5.74) is -5.86. The van der Waals surface area contributed by atoms with E-state index in [9.17, 15) is 21.6 Å². The molecule has 0 aromatic heterocycles. The van der Waals surface area contributed by atoms with Gasteiger partial charge in [-0.25, -0.2) is 4.18 Å². The molecule has 0 fully saturated rings. The number of allylic oxidation sites excluding steroid dienone is 3. The van der Waals surface area contributed by atoms with E-state index in [4.69, 9.17) is 0 Å². The molecule has 0 saturated heterocycles. The van der Waals surface area contributed by atoms with E-state index in [0.29, 0.717) is 12.1 Å². The lowest BCUT2D eigenvalue weighted by molar-refractivity contribution is -0.0642. The number of dihydropyridines is 1. The molecule has 4 nitrogen and oxygen atoms in total. The number of aryl methyl sites for hydroxylation is 1. The van der Waals surface area contributed by atoms with Crippen molar-refractivity contribution in [2.24, 2.45) is 0 Å². The van der Waals surface area contributed by atoms with Crippen LogP contribution in [0.3, 0.4) is 0 Å². The average molecular weight is 347 g/mol. The van der Waals surface area contributed by atoms with Gasteiger partial charge in [0.05, 0.1) is 0 Å². The van der Waals surface area contributed by atoms with Crippen molar-refractivity contribution >= 4 is 10.1 Å². The highest BCUT2D eigenvalue weighted by Gasteiger charge is 2.51. The van der Waals surface area contributed by atoms with Crippen molar-refractivity contribution in [1.82, 2.24) is 5.32 Å². The lowest BCUT2D eigenvalue weighted by Crippen LogP contribution is -2.50. The minimum absolute atomic E-state index is 0.0218. The molecular formula is C15H16F3NO3S. The highest BCUT2D eigenvalue weighted by atomic mass is 32.2. The van der Waals surface area contributed by atoms with Gasteiger partial charge in [-0.1, -0.05) is 36.4 Å². The Labute approximate surface area is 132 Å². The first-order chi connectivity index (χ1) is 10.6. The first-order valence-electron chi connectivity index (χ1n) is 6.84. The van der Waals surface area contributed by atoms with E-state index < -0.39 is 21.4 Å². The van der Waals surface area contributed by atoms with Crippen molar-refractivity contribution in [3.63, 3.8) is 0 Å². The van der Waals surface area contributed by atoms with Crippen LogP contribution in [0.4, 0.5) is 13.2 Å². The second-order valence-electron chi connectivity index (χ2n) is 5.19. The number of hydrogen-bond donors (Lipinski definition) is 1. The van der Waals surface area contributed by atoms with E-state index in [1.165, 1.54) is 12.2 Å². The molecule has 1 aliphatic heterocycles. The van der Waals surface area contributed by atoms with Crippen LogP contribution in [0.1, 0.15) is 18.9 Å². The average Bonchev–Trinajstić information content (AvgIpc) is 2.45. The lowest BCUT2D eigenvalue weighted by atomic mass is 10.00.